The highest BCUT2D eigenvalue weighted by Crippen LogP contribution is 2.30. The Morgan fingerprint density at radius 2 is 1.57 bits per heavy atom. The van der Waals surface area contributed by atoms with E-state index < -0.39 is 0 Å². The summed E-state index contributed by atoms with van der Waals surface area (Å²) in [5, 5.41) is 3.50. The Labute approximate surface area is 165 Å². The summed E-state index contributed by atoms with van der Waals surface area (Å²) in [7, 11) is 1.66. The van der Waals surface area contributed by atoms with E-state index in [-0.39, 0.29) is 0 Å². The van der Waals surface area contributed by atoms with Crippen molar-refractivity contribution in [2.45, 2.75) is 20.3 Å². The van der Waals surface area contributed by atoms with Gasteiger partial charge in [-0.2, -0.15) is 0 Å². The molecule has 28 heavy (non-hydrogen) atoms. The molecule has 0 aromatic heterocycles. The van der Waals surface area contributed by atoms with E-state index >= 15 is 0 Å². The maximum absolute atomic E-state index is 5.28. The minimum absolute atomic E-state index is 0.675. The highest BCUT2D eigenvalue weighted by Gasteiger charge is 2.16. The van der Waals surface area contributed by atoms with Crippen LogP contribution in [-0.2, 0) is 6.42 Å². The third-order valence-electron chi connectivity index (χ3n) is 4.84. The van der Waals surface area contributed by atoms with Gasteiger partial charge in [-0.25, -0.2) is 9.98 Å². The van der Waals surface area contributed by atoms with Crippen LogP contribution in [0.2, 0.25) is 0 Å². The molecule has 0 amide bonds. The monoisotopic (exact) mass is 369 g/mol. The number of benzene rings is 3. The Hall–Kier alpha value is -3.40. The molecule has 0 unspecified atom stereocenters. The molecule has 3 aromatic carbocycles. The molecule has 0 saturated carbocycles. The van der Waals surface area contributed by atoms with Gasteiger partial charge in [0, 0.05) is 11.1 Å². The molecular weight excluding hydrogens is 346 g/mol. The molecule has 1 aliphatic heterocycles. The van der Waals surface area contributed by atoms with E-state index in [1.807, 2.05) is 24.3 Å². The summed E-state index contributed by atoms with van der Waals surface area (Å²) < 4.78 is 5.28. The van der Waals surface area contributed by atoms with Crippen LogP contribution >= 0.6 is 0 Å². The predicted octanol–water partition coefficient (Wildman–Crippen LogP) is 5.52. The lowest BCUT2D eigenvalue weighted by molar-refractivity contribution is 0.415. The average molecular weight is 369 g/mol. The van der Waals surface area contributed by atoms with Crippen molar-refractivity contribution >= 4 is 23.0 Å². The van der Waals surface area contributed by atoms with Crippen LogP contribution in [0.1, 0.15) is 29.2 Å². The van der Waals surface area contributed by atoms with Crippen LogP contribution in [0.5, 0.6) is 5.75 Å². The van der Waals surface area contributed by atoms with Crippen molar-refractivity contribution in [2.24, 2.45) is 9.98 Å². The number of ether oxygens (including phenoxy) is 1. The van der Waals surface area contributed by atoms with Gasteiger partial charge in [-0.3, -0.25) is 0 Å². The van der Waals surface area contributed by atoms with Gasteiger partial charge in [-0.05, 0) is 55.3 Å². The molecule has 0 radical (unpaired) electrons. The Morgan fingerprint density at radius 3 is 2.25 bits per heavy atom. The highest BCUT2D eigenvalue weighted by atomic mass is 16.5. The zero-order valence-electron chi connectivity index (χ0n) is 16.4. The van der Waals surface area contributed by atoms with Crippen molar-refractivity contribution in [3.05, 3.63) is 89.0 Å². The van der Waals surface area contributed by atoms with E-state index in [9.17, 15) is 0 Å². The van der Waals surface area contributed by atoms with Gasteiger partial charge in [0.1, 0.15) is 11.6 Å². The molecule has 0 saturated heterocycles. The summed E-state index contributed by atoms with van der Waals surface area (Å²) in [4.78, 5) is 9.75. The molecule has 0 bridgehead atoms. The van der Waals surface area contributed by atoms with Gasteiger partial charge >= 0.3 is 0 Å². The number of methoxy groups -OCH3 is 1. The van der Waals surface area contributed by atoms with E-state index in [2.05, 4.69) is 61.6 Å². The third kappa shape index (κ3) is 3.67. The summed E-state index contributed by atoms with van der Waals surface area (Å²) >= 11 is 0. The minimum atomic E-state index is 0.675. The molecule has 0 spiro atoms. The number of aliphatic imine (C=N–C) groups is 2. The summed E-state index contributed by atoms with van der Waals surface area (Å²) in [6, 6.07) is 22.5. The van der Waals surface area contributed by atoms with Crippen LogP contribution in [0.15, 0.2) is 76.7 Å². The molecule has 3 aromatic rings. The number of fused-ring (bicyclic) bond motifs is 1. The first-order chi connectivity index (χ1) is 13.7. The fraction of sp³-hybridized carbons (Fsp3) is 0.167. The molecule has 1 aliphatic rings. The van der Waals surface area contributed by atoms with Crippen LogP contribution in [0.4, 0.5) is 11.4 Å². The van der Waals surface area contributed by atoms with Gasteiger partial charge in [0.2, 0.25) is 0 Å². The molecule has 4 nitrogen and oxygen atoms in total. The molecular formula is C24H23N3O. The van der Waals surface area contributed by atoms with Crippen molar-refractivity contribution in [2.75, 3.05) is 12.4 Å². The lowest BCUT2D eigenvalue weighted by Gasteiger charge is -2.11. The van der Waals surface area contributed by atoms with Gasteiger partial charge in [-0.1, -0.05) is 42.8 Å². The van der Waals surface area contributed by atoms with Gasteiger partial charge < -0.3 is 10.1 Å². The molecule has 1 N–H and O–H groups in total. The van der Waals surface area contributed by atoms with Crippen LogP contribution in [0, 0.1) is 6.92 Å². The second-order valence-corrected chi connectivity index (χ2v) is 6.82. The quantitative estimate of drug-likeness (QED) is 0.658. The molecule has 0 atom stereocenters. The second kappa shape index (κ2) is 7.69. The Kier molecular flexibility index (Phi) is 4.94. The van der Waals surface area contributed by atoms with Gasteiger partial charge in [0.25, 0.3) is 0 Å². The predicted molar refractivity (Wildman–Crippen MR) is 116 cm³/mol. The first kappa shape index (κ1) is 18.0. The Bertz CT molecular complexity index is 1050. The van der Waals surface area contributed by atoms with Crippen LogP contribution in [-0.4, -0.2) is 18.8 Å². The average Bonchev–Trinajstić information content (AvgIpc) is 2.93. The van der Waals surface area contributed by atoms with Crippen molar-refractivity contribution in [1.82, 2.24) is 0 Å². The standard InChI is InChI=1S/C24H23N3O/c1-4-17-7-14-21-22(15-17)26-24(18-8-5-16(2)6-9-18)27-23(25-21)19-10-12-20(28-3)13-11-19/h5-15H,4H2,1-3H3,(H,25,26,27). The summed E-state index contributed by atoms with van der Waals surface area (Å²) in [5.74, 6) is 2.28. The number of anilines is 1. The van der Waals surface area contributed by atoms with E-state index in [0.29, 0.717) is 5.84 Å². The lowest BCUT2D eigenvalue weighted by Crippen LogP contribution is -2.15. The smallest absolute Gasteiger partial charge is 0.162 e. The van der Waals surface area contributed by atoms with Crippen LogP contribution < -0.4 is 10.1 Å². The number of rotatable bonds is 4. The van der Waals surface area contributed by atoms with Crippen molar-refractivity contribution < 1.29 is 4.74 Å². The number of hydrogen-bond acceptors (Lipinski definition) is 4. The summed E-state index contributed by atoms with van der Waals surface area (Å²) in [6.45, 7) is 4.23. The fourth-order valence-electron chi connectivity index (χ4n) is 3.12. The van der Waals surface area contributed by atoms with Crippen molar-refractivity contribution in [3.8, 4) is 5.75 Å². The molecule has 0 fully saturated rings. The fourth-order valence-corrected chi connectivity index (χ4v) is 3.12. The zero-order chi connectivity index (χ0) is 19.5. The number of aryl methyl sites for hydroxylation is 2. The highest BCUT2D eigenvalue weighted by molar-refractivity contribution is 6.19. The van der Waals surface area contributed by atoms with E-state index in [4.69, 9.17) is 14.7 Å². The molecule has 0 aliphatic carbocycles. The van der Waals surface area contributed by atoms with Gasteiger partial charge in [0.05, 0.1) is 18.5 Å². The number of amidine groups is 2. The topological polar surface area (TPSA) is 46.0 Å². The molecule has 4 rings (SSSR count). The van der Waals surface area contributed by atoms with Gasteiger partial charge in [-0.15, -0.1) is 0 Å². The SMILES string of the molecule is CCc1ccc2c(c1)NC(c1ccc(C)cc1)=NC(c1ccc(OC)cc1)=N2. The first-order valence-corrected chi connectivity index (χ1v) is 9.45. The summed E-state index contributed by atoms with van der Waals surface area (Å²) in [6.07, 6.45) is 0.973. The second-order valence-electron chi connectivity index (χ2n) is 6.82. The van der Waals surface area contributed by atoms with E-state index in [1.165, 1.54) is 11.1 Å². The maximum Gasteiger partial charge on any atom is 0.162 e. The Balaban J connectivity index is 1.84. The third-order valence-corrected chi connectivity index (χ3v) is 4.84. The first-order valence-electron chi connectivity index (χ1n) is 9.45. The number of nitrogens with zero attached hydrogens (tertiary/aromatic N) is 2. The molecule has 4 heteroatoms. The van der Waals surface area contributed by atoms with E-state index in [0.717, 1.165) is 40.5 Å². The summed E-state index contributed by atoms with van der Waals surface area (Å²) in [5.41, 5.74) is 6.31. The van der Waals surface area contributed by atoms with Crippen LogP contribution in [0.3, 0.4) is 0 Å². The minimum Gasteiger partial charge on any atom is -0.497 e. The number of hydrogen-bond donors (Lipinski definition) is 1. The van der Waals surface area contributed by atoms with Crippen molar-refractivity contribution in [3.63, 3.8) is 0 Å². The molecule has 140 valence electrons. The Morgan fingerprint density at radius 1 is 0.857 bits per heavy atom. The van der Waals surface area contributed by atoms with Gasteiger partial charge in [0.15, 0.2) is 5.84 Å². The van der Waals surface area contributed by atoms with E-state index in [1.54, 1.807) is 7.11 Å². The largest absolute Gasteiger partial charge is 0.497 e. The maximum atomic E-state index is 5.28. The van der Waals surface area contributed by atoms with Crippen LogP contribution in [0.25, 0.3) is 0 Å². The number of nitrogens with one attached hydrogen (secondary N) is 1. The molecule has 1 heterocycles. The normalized spacial score (nSPS) is 13.0. The zero-order valence-corrected chi connectivity index (χ0v) is 16.4. The van der Waals surface area contributed by atoms with Crippen molar-refractivity contribution in [1.29, 1.82) is 0 Å². The lowest BCUT2D eigenvalue weighted by atomic mass is 10.1.